The number of carbonyl (C=O) groups excluding carboxylic acids is 2. The third-order valence-corrected chi connectivity index (χ3v) is 5.43. The number of hydrogen-bond acceptors (Lipinski definition) is 5. The van der Waals surface area contributed by atoms with E-state index in [1.165, 1.54) is 18.8 Å². The number of amides is 3. The summed E-state index contributed by atoms with van der Waals surface area (Å²) >= 11 is 1.25. The van der Waals surface area contributed by atoms with Crippen LogP contribution in [0, 0.1) is 6.92 Å². The number of aromatic nitrogens is 3. The van der Waals surface area contributed by atoms with E-state index in [4.69, 9.17) is 0 Å². The van der Waals surface area contributed by atoms with Crippen molar-refractivity contribution in [3.63, 3.8) is 0 Å². The van der Waals surface area contributed by atoms with Gasteiger partial charge in [0.1, 0.15) is 5.25 Å². The highest BCUT2D eigenvalue weighted by atomic mass is 32.2. The maximum absolute atomic E-state index is 12.7. The molecule has 0 aliphatic heterocycles. The zero-order valence-corrected chi connectivity index (χ0v) is 16.7. The first-order valence-corrected chi connectivity index (χ1v) is 9.58. The second kappa shape index (κ2) is 8.71. The molecule has 0 fully saturated rings. The zero-order valence-electron chi connectivity index (χ0n) is 15.8. The average Bonchev–Trinajstić information content (AvgIpc) is 3.06. The van der Waals surface area contributed by atoms with Crippen molar-refractivity contribution in [1.82, 2.24) is 25.4 Å². The molecule has 1 aromatic heterocycles. The molecule has 0 saturated carbocycles. The highest BCUT2D eigenvalue weighted by Crippen LogP contribution is 2.35. The standard InChI is InChI=1S/C20H21N5O2S/c1-13-8-7-11-15(12-13)17-23-24-20(25(17)3)28-16(14-9-5-4-6-10-14)18(26)22-19(27)21-2/h4-12,16H,1-3H3,(H2,21,22,26,27). The third kappa shape index (κ3) is 4.40. The van der Waals surface area contributed by atoms with E-state index >= 15 is 0 Å². The lowest BCUT2D eigenvalue weighted by Crippen LogP contribution is -2.39. The van der Waals surface area contributed by atoms with Crippen molar-refractivity contribution in [2.75, 3.05) is 7.05 Å². The minimum Gasteiger partial charge on any atom is -0.341 e. The van der Waals surface area contributed by atoms with Crippen LogP contribution in [0.25, 0.3) is 11.4 Å². The Kier molecular flexibility index (Phi) is 6.10. The first kappa shape index (κ1) is 19.6. The summed E-state index contributed by atoms with van der Waals surface area (Å²) in [6.45, 7) is 2.02. The van der Waals surface area contributed by atoms with Gasteiger partial charge in [-0.3, -0.25) is 10.1 Å². The van der Waals surface area contributed by atoms with E-state index < -0.39 is 17.2 Å². The van der Waals surface area contributed by atoms with Gasteiger partial charge >= 0.3 is 6.03 Å². The van der Waals surface area contributed by atoms with Gasteiger partial charge in [0.05, 0.1) is 0 Å². The van der Waals surface area contributed by atoms with Gasteiger partial charge in [0, 0.05) is 19.7 Å². The summed E-state index contributed by atoms with van der Waals surface area (Å²) in [6, 6.07) is 16.7. The molecule has 144 valence electrons. The first-order chi connectivity index (χ1) is 13.5. The molecule has 2 aromatic carbocycles. The van der Waals surface area contributed by atoms with Crippen molar-refractivity contribution in [3.8, 4) is 11.4 Å². The highest BCUT2D eigenvalue weighted by molar-refractivity contribution is 8.00. The van der Waals surface area contributed by atoms with E-state index in [1.54, 1.807) is 0 Å². The van der Waals surface area contributed by atoms with E-state index in [-0.39, 0.29) is 0 Å². The van der Waals surface area contributed by atoms with E-state index in [1.807, 2.05) is 73.1 Å². The van der Waals surface area contributed by atoms with Crippen LogP contribution < -0.4 is 10.6 Å². The molecule has 3 rings (SSSR count). The number of aryl methyl sites for hydroxylation is 1. The largest absolute Gasteiger partial charge is 0.341 e. The summed E-state index contributed by atoms with van der Waals surface area (Å²) in [7, 11) is 3.32. The van der Waals surface area contributed by atoms with Crippen LogP contribution in [0.4, 0.5) is 4.79 Å². The lowest BCUT2D eigenvalue weighted by Gasteiger charge is -2.16. The molecule has 7 nitrogen and oxygen atoms in total. The van der Waals surface area contributed by atoms with E-state index in [9.17, 15) is 9.59 Å². The average molecular weight is 395 g/mol. The van der Waals surface area contributed by atoms with Gasteiger partial charge in [0.25, 0.3) is 0 Å². The predicted molar refractivity (Wildman–Crippen MR) is 109 cm³/mol. The van der Waals surface area contributed by atoms with Gasteiger partial charge in [0.15, 0.2) is 11.0 Å². The fraction of sp³-hybridized carbons (Fsp3) is 0.200. The van der Waals surface area contributed by atoms with E-state index in [0.29, 0.717) is 11.0 Å². The first-order valence-electron chi connectivity index (χ1n) is 8.70. The van der Waals surface area contributed by atoms with Crippen LogP contribution in [0.5, 0.6) is 0 Å². The van der Waals surface area contributed by atoms with Crippen molar-refractivity contribution in [2.24, 2.45) is 7.05 Å². The highest BCUT2D eigenvalue weighted by Gasteiger charge is 2.26. The molecular weight excluding hydrogens is 374 g/mol. The SMILES string of the molecule is CNC(=O)NC(=O)C(Sc1nnc(-c2cccc(C)c2)n1C)c1ccccc1. The summed E-state index contributed by atoms with van der Waals surface area (Å²) in [5, 5.41) is 13.2. The number of rotatable bonds is 5. The van der Waals surface area contributed by atoms with Gasteiger partial charge in [0.2, 0.25) is 5.91 Å². The Morgan fingerprint density at radius 2 is 1.82 bits per heavy atom. The Balaban J connectivity index is 1.91. The summed E-state index contributed by atoms with van der Waals surface area (Å²) in [5.41, 5.74) is 2.85. The van der Waals surface area contributed by atoms with Crippen LogP contribution in [0.15, 0.2) is 59.8 Å². The summed E-state index contributed by atoms with van der Waals surface area (Å²) in [5.74, 6) is 0.292. The van der Waals surface area contributed by atoms with Gasteiger partial charge < -0.3 is 9.88 Å². The second-order valence-electron chi connectivity index (χ2n) is 6.21. The quantitative estimate of drug-likeness (QED) is 0.648. The molecule has 28 heavy (non-hydrogen) atoms. The Morgan fingerprint density at radius 1 is 1.07 bits per heavy atom. The molecular formula is C20H21N5O2S. The van der Waals surface area contributed by atoms with Crippen LogP contribution in [0.1, 0.15) is 16.4 Å². The van der Waals surface area contributed by atoms with Gasteiger partial charge in [-0.25, -0.2) is 4.79 Å². The Hall–Kier alpha value is -3.13. The Morgan fingerprint density at radius 3 is 2.50 bits per heavy atom. The fourth-order valence-electron chi connectivity index (χ4n) is 2.70. The van der Waals surface area contributed by atoms with Crippen LogP contribution in [-0.2, 0) is 11.8 Å². The lowest BCUT2D eigenvalue weighted by atomic mass is 10.1. The molecule has 1 unspecified atom stereocenters. The number of nitrogens with one attached hydrogen (secondary N) is 2. The fourth-order valence-corrected chi connectivity index (χ4v) is 3.70. The topological polar surface area (TPSA) is 88.9 Å². The van der Waals surface area contributed by atoms with Crippen molar-refractivity contribution < 1.29 is 9.59 Å². The second-order valence-corrected chi connectivity index (χ2v) is 7.28. The smallest absolute Gasteiger partial charge is 0.321 e. The molecule has 3 amide bonds. The van der Waals surface area contributed by atoms with Crippen molar-refractivity contribution in [1.29, 1.82) is 0 Å². The number of imide groups is 1. The molecule has 0 spiro atoms. The number of carbonyl (C=O) groups is 2. The molecule has 2 N–H and O–H groups in total. The zero-order chi connectivity index (χ0) is 20.1. The van der Waals surface area contributed by atoms with Crippen molar-refractivity contribution in [3.05, 3.63) is 65.7 Å². The summed E-state index contributed by atoms with van der Waals surface area (Å²) < 4.78 is 1.85. The number of thioether (sulfide) groups is 1. The molecule has 0 radical (unpaired) electrons. The minimum atomic E-state index is -0.647. The number of hydrogen-bond donors (Lipinski definition) is 2. The number of benzene rings is 2. The normalized spacial score (nSPS) is 11.7. The van der Waals surface area contributed by atoms with Crippen LogP contribution >= 0.6 is 11.8 Å². The molecule has 1 heterocycles. The maximum Gasteiger partial charge on any atom is 0.321 e. The summed E-state index contributed by atoms with van der Waals surface area (Å²) in [4.78, 5) is 24.3. The molecule has 1 atom stereocenters. The molecule has 8 heteroatoms. The molecule has 0 bridgehead atoms. The molecule has 0 saturated heterocycles. The van der Waals surface area contributed by atoms with Gasteiger partial charge in [-0.05, 0) is 18.6 Å². The Bertz CT molecular complexity index is 987. The van der Waals surface area contributed by atoms with Crippen molar-refractivity contribution in [2.45, 2.75) is 17.3 Å². The minimum absolute atomic E-state index is 0.421. The maximum atomic E-state index is 12.7. The monoisotopic (exact) mass is 395 g/mol. The van der Waals surface area contributed by atoms with E-state index in [2.05, 4.69) is 20.8 Å². The van der Waals surface area contributed by atoms with Crippen molar-refractivity contribution >= 4 is 23.7 Å². The molecule has 3 aromatic rings. The van der Waals surface area contributed by atoms with Gasteiger partial charge in [-0.15, -0.1) is 10.2 Å². The van der Waals surface area contributed by atoms with Gasteiger partial charge in [-0.2, -0.15) is 0 Å². The van der Waals surface area contributed by atoms with Crippen LogP contribution in [0.2, 0.25) is 0 Å². The number of urea groups is 1. The molecule has 0 aliphatic carbocycles. The Labute approximate surface area is 167 Å². The van der Waals surface area contributed by atoms with Gasteiger partial charge in [-0.1, -0.05) is 65.9 Å². The molecule has 0 aliphatic rings. The third-order valence-electron chi connectivity index (χ3n) is 4.14. The van der Waals surface area contributed by atoms with Crippen LogP contribution in [0.3, 0.4) is 0 Å². The van der Waals surface area contributed by atoms with Crippen LogP contribution in [-0.4, -0.2) is 33.8 Å². The predicted octanol–water partition coefficient (Wildman–Crippen LogP) is 3.08. The summed E-state index contributed by atoms with van der Waals surface area (Å²) in [6.07, 6.45) is 0. The number of nitrogens with zero attached hydrogens (tertiary/aromatic N) is 3. The lowest BCUT2D eigenvalue weighted by molar-refractivity contribution is -0.119. The van der Waals surface area contributed by atoms with E-state index in [0.717, 1.165) is 16.7 Å².